The monoisotopic (exact) mass is 309 g/mol. The van der Waals surface area contributed by atoms with Gasteiger partial charge in [0.2, 0.25) is 10.0 Å². The van der Waals surface area contributed by atoms with Crippen LogP contribution in [-0.4, -0.2) is 19.5 Å². The molecule has 2 aromatic carbocycles. The Labute approximate surface area is 121 Å². The maximum atomic E-state index is 13.0. The number of carboxylic acid groups (broad SMARTS) is 1. The first-order valence-electron chi connectivity index (χ1n) is 5.96. The zero-order valence-corrected chi connectivity index (χ0v) is 11.6. The zero-order chi connectivity index (χ0) is 15.5. The van der Waals surface area contributed by atoms with Gasteiger partial charge in [0.25, 0.3) is 0 Å². The topological polar surface area (TPSA) is 83.5 Å². The van der Waals surface area contributed by atoms with Crippen LogP contribution < -0.4 is 4.72 Å². The van der Waals surface area contributed by atoms with Crippen LogP contribution in [-0.2, 0) is 16.6 Å². The van der Waals surface area contributed by atoms with Crippen molar-refractivity contribution in [2.75, 3.05) is 0 Å². The number of nitrogens with one attached hydrogen (secondary N) is 1. The van der Waals surface area contributed by atoms with Gasteiger partial charge in [0.1, 0.15) is 5.82 Å². The maximum Gasteiger partial charge on any atom is 0.335 e. The van der Waals surface area contributed by atoms with Gasteiger partial charge in [0, 0.05) is 6.54 Å². The highest BCUT2D eigenvalue weighted by Crippen LogP contribution is 2.11. The molecule has 0 aromatic heterocycles. The van der Waals surface area contributed by atoms with E-state index in [1.165, 1.54) is 36.4 Å². The maximum absolute atomic E-state index is 13.0. The van der Waals surface area contributed by atoms with E-state index in [9.17, 15) is 17.6 Å². The smallest absolute Gasteiger partial charge is 0.335 e. The second kappa shape index (κ2) is 6.02. The van der Waals surface area contributed by atoms with Crippen molar-refractivity contribution in [2.45, 2.75) is 11.4 Å². The first-order valence-corrected chi connectivity index (χ1v) is 7.44. The van der Waals surface area contributed by atoms with E-state index in [-0.39, 0.29) is 17.0 Å². The molecule has 0 aliphatic carbocycles. The van der Waals surface area contributed by atoms with Crippen molar-refractivity contribution in [2.24, 2.45) is 0 Å². The summed E-state index contributed by atoms with van der Waals surface area (Å²) in [5.41, 5.74) is 0.715. The number of carbonyl (C=O) groups is 1. The van der Waals surface area contributed by atoms with Crippen molar-refractivity contribution in [1.82, 2.24) is 4.72 Å². The molecule has 0 unspecified atom stereocenters. The van der Waals surface area contributed by atoms with Crippen molar-refractivity contribution in [3.63, 3.8) is 0 Å². The molecule has 7 heteroatoms. The second-order valence-electron chi connectivity index (χ2n) is 4.28. The number of aromatic carboxylic acids is 1. The van der Waals surface area contributed by atoms with Gasteiger partial charge in [-0.2, -0.15) is 0 Å². The first kappa shape index (κ1) is 15.1. The van der Waals surface area contributed by atoms with Gasteiger partial charge in [0.05, 0.1) is 10.5 Å². The molecule has 0 radical (unpaired) electrons. The number of hydrogen-bond acceptors (Lipinski definition) is 3. The third-order valence-electron chi connectivity index (χ3n) is 2.77. The standard InChI is InChI=1S/C14H12FNO4S/c15-12-2-1-3-13(8-12)21(19,20)16-9-10-4-6-11(7-5-10)14(17)18/h1-8,16H,9H2,(H,17,18). The second-order valence-corrected chi connectivity index (χ2v) is 6.05. The lowest BCUT2D eigenvalue weighted by molar-refractivity contribution is 0.0697. The molecule has 2 rings (SSSR count). The highest BCUT2D eigenvalue weighted by molar-refractivity contribution is 7.89. The summed E-state index contributed by atoms with van der Waals surface area (Å²) in [6, 6.07) is 10.5. The Balaban J connectivity index is 2.10. The molecule has 0 aliphatic heterocycles. The van der Waals surface area contributed by atoms with Gasteiger partial charge in [-0.1, -0.05) is 18.2 Å². The van der Waals surface area contributed by atoms with E-state index in [1.54, 1.807) is 0 Å². The number of benzene rings is 2. The molecule has 0 amide bonds. The summed E-state index contributed by atoms with van der Waals surface area (Å²) in [5.74, 6) is -1.69. The molecule has 0 heterocycles. The van der Waals surface area contributed by atoms with E-state index in [0.717, 1.165) is 12.1 Å². The summed E-state index contributed by atoms with van der Waals surface area (Å²) >= 11 is 0. The first-order chi connectivity index (χ1) is 9.88. The Hall–Kier alpha value is -2.25. The van der Waals surface area contributed by atoms with Crippen LogP contribution in [0.2, 0.25) is 0 Å². The van der Waals surface area contributed by atoms with Crippen molar-refractivity contribution in [1.29, 1.82) is 0 Å². The lowest BCUT2D eigenvalue weighted by Crippen LogP contribution is -2.23. The Kier molecular flexibility index (Phi) is 4.35. The molecule has 0 aliphatic rings. The molecule has 0 saturated carbocycles. The number of hydrogen-bond donors (Lipinski definition) is 2. The molecule has 0 spiro atoms. The molecule has 0 fully saturated rings. The lowest BCUT2D eigenvalue weighted by atomic mass is 10.1. The number of halogens is 1. The predicted molar refractivity (Wildman–Crippen MR) is 73.8 cm³/mol. The Morgan fingerprint density at radius 2 is 1.81 bits per heavy atom. The fraction of sp³-hybridized carbons (Fsp3) is 0.0714. The average Bonchev–Trinajstić information content (AvgIpc) is 2.45. The summed E-state index contributed by atoms with van der Waals surface area (Å²) in [6.07, 6.45) is 0. The summed E-state index contributed by atoms with van der Waals surface area (Å²) in [5, 5.41) is 8.76. The molecule has 0 saturated heterocycles. The van der Waals surface area contributed by atoms with Crippen molar-refractivity contribution in [3.05, 3.63) is 65.5 Å². The predicted octanol–water partition coefficient (Wildman–Crippen LogP) is 2.00. The van der Waals surface area contributed by atoms with Crippen LogP contribution in [0.3, 0.4) is 0 Å². The van der Waals surface area contributed by atoms with E-state index in [1.807, 2.05) is 0 Å². The van der Waals surface area contributed by atoms with Crippen LogP contribution in [0, 0.1) is 5.82 Å². The Morgan fingerprint density at radius 3 is 2.38 bits per heavy atom. The van der Waals surface area contributed by atoms with Gasteiger partial charge in [0.15, 0.2) is 0 Å². The van der Waals surface area contributed by atoms with Crippen LogP contribution in [0.1, 0.15) is 15.9 Å². The molecule has 2 N–H and O–H groups in total. The molecule has 0 atom stereocenters. The van der Waals surface area contributed by atoms with Crippen LogP contribution in [0.5, 0.6) is 0 Å². The SMILES string of the molecule is O=C(O)c1ccc(CNS(=O)(=O)c2cccc(F)c2)cc1. The fourth-order valence-electron chi connectivity index (χ4n) is 1.66. The summed E-state index contributed by atoms with van der Waals surface area (Å²) < 4.78 is 39.3. The van der Waals surface area contributed by atoms with Gasteiger partial charge in [-0.15, -0.1) is 0 Å². The molecular weight excluding hydrogens is 297 g/mol. The minimum atomic E-state index is -3.81. The van der Waals surface area contributed by atoms with E-state index >= 15 is 0 Å². The van der Waals surface area contributed by atoms with E-state index in [0.29, 0.717) is 5.56 Å². The van der Waals surface area contributed by atoms with Gasteiger partial charge >= 0.3 is 5.97 Å². The highest BCUT2D eigenvalue weighted by Gasteiger charge is 2.14. The normalized spacial score (nSPS) is 11.3. The van der Waals surface area contributed by atoms with Crippen molar-refractivity contribution in [3.8, 4) is 0 Å². The third-order valence-corrected chi connectivity index (χ3v) is 4.17. The minimum absolute atomic E-state index is 0.0151. The van der Waals surface area contributed by atoms with Crippen LogP contribution >= 0.6 is 0 Å². The van der Waals surface area contributed by atoms with Gasteiger partial charge < -0.3 is 5.11 Å². The molecule has 21 heavy (non-hydrogen) atoms. The van der Waals surface area contributed by atoms with E-state index < -0.39 is 21.8 Å². The average molecular weight is 309 g/mol. The molecule has 5 nitrogen and oxygen atoms in total. The largest absolute Gasteiger partial charge is 0.478 e. The number of sulfonamides is 1. The van der Waals surface area contributed by atoms with Gasteiger partial charge in [-0.25, -0.2) is 22.3 Å². The van der Waals surface area contributed by atoms with E-state index in [4.69, 9.17) is 5.11 Å². The van der Waals surface area contributed by atoms with Gasteiger partial charge in [-0.05, 0) is 35.9 Å². The summed E-state index contributed by atoms with van der Waals surface area (Å²) in [4.78, 5) is 10.5. The number of rotatable bonds is 5. The summed E-state index contributed by atoms with van der Waals surface area (Å²) in [7, 11) is -3.81. The lowest BCUT2D eigenvalue weighted by Gasteiger charge is -2.07. The molecule has 110 valence electrons. The van der Waals surface area contributed by atoms with Gasteiger partial charge in [-0.3, -0.25) is 0 Å². The Morgan fingerprint density at radius 1 is 1.14 bits per heavy atom. The molecule has 0 bridgehead atoms. The van der Waals surface area contributed by atoms with Crippen molar-refractivity contribution >= 4 is 16.0 Å². The van der Waals surface area contributed by atoms with Crippen LogP contribution in [0.15, 0.2) is 53.4 Å². The summed E-state index contributed by atoms with van der Waals surface area (Å²) in [6.45, 7) is -0.0151. The van der Waals surface area contributed by atoms with E-state index in [2.05, 4.69) is 4.72 Å². The Bertz CT molecular complexity index is 757. The quantitative estimate of drug-likeness (QED) is 0.885. The minimum Gasteiger partial charge on any atom is -0.478 e. The molecular formula is C14H12FNO4S. The molecule has 2 aromatic rings. The third kappa shape index (κ3) is 3.87. The van der Waals surface area contributed by atoms with Crippen molar-refractivity contribution < 1.29 is 22.7 Å². The van der Waals surface area contributed by atoms with Crippen LogP contribution in [0.4, 0.5) is 4.39 Å². The fourth-order valence-corrected chi connectivity index (χ4v) is 2.71. The number of carboxylic acids is 1. The zero-order valence-electron chi connectivity index (χ0n) is 10.8. The highest BCUT2D eigenvalue weighted by atomic mass is 32.2. The van der Waals surface area contributed by atoms with Crippen LogP contribution in [0.25, 0.3) is 0 Å².